The predicted molar refractivity (Wildman–Crippen MR) is 120 cm³/mol. The summed E-state index contributed by atoms with van der Waals surface area (Å²) in [5.74, 6) is 2.06. The topological polar surface area (TPSA) is 75.3 Å². The van der Waals surface area contributed by atoms with Gasteiger partial charge in [-0.3, -0.25) is 13.9 Å². The van der Waals surface area contributed by atoms with Crippen LogP contribution in [0.2, 0.25) is 0 Å². The van der Waals surface area contributed by atoms with Gasteiger partial charge in [-0.2, -0.15) is 0 Å². The Kier molecular flexibility index (Phi) is 6.87. The Hall–Kier alpha value is -2.74. The maximum Gasteiger partial charge on any atom is 0.332 e. The number of hydrogen-bond acceptors (Lipinski definition) is 6. The maximum atomic E-state index is 13.0. The van der Waals surface area contributed by atoms with Gasteiger partial charge in [-0.15, -0.1) is 11.8 Å². The second-order valence-corrected chi connectivity index (χ2v) is 8.12. The summed E-state index contributed by atoms with van der Waals surface area (Å²) in [4.78, 5) is 30.7. The Morgan fingerprint density at radius 2 is 1.70 bits per heavy atom. The molecule has 0 radical (unpaired) electrons. The lowest BCUT2D eigenvalue weighted by Gasteiger charge is -2.15. The predicted octanol–water partition coefficient (Wildman–Crippen LogP) is 3.28. The Morgan fingerprint density at radius 3 is 2.30 bits per heavy atom. The van der Waals surface area contributed by atoms with Crippen molar-refractivity contribution in [2.75, 3.05) is 14.2 Å². The Morgan fingerprint density at radius 1 is 1.03 bits per heavy atom. The van der Waals surface area contributed by atoms with Crippen LogP contribution in [-0.4, -0.2) is 28.3 Å². The van der Waals surface area contributed by atoms with E-state index in [4.69, 9.17) is 9.47 Å². The van der Waals surface area contributed by atoms with Crippen molar-refractivity contribution in [1.29, 1.82) is 0 Å². The lowest BCUT2D eigenvalue weighted by atomic mass is 10.1. The molecule has 0 saturated carbocycles. The van der Waals surface area contributed by atoms with E-state index in [9.17, 15) is 9.59 Å². The number of methoxy groups -OCH3 is 2. The molecule has 0 aliphatic heterocycles. The van der Waals surface area contributed by atoms with Gasteiger partial charge in [0.2, 0.25) is 0 Å². The van der Waals surface area contributed by atoms with Crippen LogP contribution < -0.4 is 20.7 Å². The smallest absolute Gasteiger partial charge is 0.332 e. The van der Waals surface area contributed by atoms with Gasteiger partial charge in [-0.1, -0.05) is 13.3 Å². The Labute approximate surface area is 179 Å². The van der Waals surface area contributed by atoms with E-state index >= 15 is 0 Å². The first-order chi connectivity index (χ1) is 14.4. The SMILES string of the molecule is CCCCc1cnc2c(c1SCc1cc(OC)cc(OC)c1)c(=O)n(C)c(=O)n2C. The quantitative estimate of drug-likeness (QED) is 0.512. The Balaban J connectivity index is 2.13. The zero-order valence-electron chi connectivity index (χ0n) is 18.0. The minimum absolute atomic E-state index is 0.315. The van der Waals surface area contributed by atoms with Crippen molar-refractivity contribution in [2.45, 2.75) is 36.8 Å². The fraction of sp³-hybridized carbons (Fsp3) is 0.409. The average molecular weight is 430 g/mol. The van der Waals surface area contributed by atoms with E-state index < -0.39 is 0 Å². The third-order valence-corrected chi connectivity index (χ3v) is 6.32. The zero-order valence-corrected chi connectivity index (χ0v) is 18.8. The van der Waals surface area contributed by atoms with E-state index in [2.05, 4.69) is 11.9 Å². The highest BCUT2D eigenvalue weighted by molar-refractivity contribution is 7.98. The van der Waals surface area contributed by atoms with Crippen LogP contribution in [0.1, 0.15) is 30.9 Å². The largest absolute Gasteiger partial charge is 0.497 e. The summed E-state index contributed by atoms with van der Waals surface area (Å²) in [5.41, 5.74) is 1.76. The summed E-state index contributed by atoms with van der Waals surface area (Å²) in [5, 5.41) is 0.494. The van der Waals surface area contributed by atoms with E-state index in [1.165, 1.54) is 11.6 Å². The van der Waals surface area contributed by atoms with Gasteiger partial charge < -0.3 is 9.47 Å². The van der Waals surface area contributed by atoms with E-state index in [0.29, 0.717) is 28.3 Å². The van der Waals surface area contributed by atoms with Crippen LogP contribution in [-0.2, 0) is 26.3 Å². The molecule has 0 aliphatic carbocycles. The summed E-state index contributed by atoms with van der Waals surface area (Å²) in [7, 11) is 6.39. The van der Waals surface area contributed by atoms with Crippen molar-refractivity contribution in [2.24, 2.45) is 14.1 Å². The molecule has 160 valence electrons. The van der Waals surface area contributed by atoms with Gasteiger partial charge in [0.05, 0.1) is 19.6 Å². The molecule has 7 nitrogen and oxygen atoms in total. The maximum absolute atomic E-state index is 13.0. The lowest BCUT2D eigenvalue weighted by molar-refractivity contribution is 0.393. The number of thioether (sulfide) groups is 1. The summed E-state index contributed by atoms with van der Waals surface area (Å²) in [6.45, 7) is 2.13. The molecule has 0 N–H and O–H groups in total. The zero-order chi connectivity index (χ0) is 21.8. The summed E-state index contributed by atoms with van der Waals surface area (Å²) < 4.78 is 13.3. The van der Waals surface area contributed by atoms with Gasteiger partial charge in [0.25, 0.3) is 5.56 Å². The first-order valence-electron chi connectivity index (χ1n) is 9.83. The van der Waals surface area contributed by atoms with E-state index in [0.717, 1.165) is 39.9 Å². The third kappa shape index (κ3) is 4.23. The van der Waals surface area contributed by atoms with E-state index in [1.807, 2.05) is 18.2 Å². The average Bonchev–Trinajstić information content (AvgIpc) is 2.77. The summed E-state index contributed by atoms with van der Waals surface area (Å²) in [6.07, 6.45) is 4.67. The molecule has 0 aliphatic rings. The molecule has 2 heterocycles. The molecule has 2 aromatic heterocycles. The van der Waals surface area contributed by atoms with Crippen molar-refractivity contribution >= 4 is 22.8 Å². The molecule has 0 saturated heterocycles. The highest BCUT2D eigenvalue weighted by Crippen LogP contribution is 2.33. The lowest BCUT2D eigenvalue weighted by Crippen LogP contribution is -2.37. The van der Waals surface area contributed by atoms with Crippen LogP contribution in [0.25, 0.3) is 11.0 Å². The first kappa shape index (κ1) is 22.0. The fourth-order valence-corrected chi connectivity index (χ4v) is 4.50. The second-order valence-electron chi connectivity index (χ2n) is 7.13. The molecule has 0 unspecified atom stereocenters. The van der Waals surface area contributed by atoms with Gasteiger partial charge in [0.1, 0.15) is 17.1 Å². The molecule has 0 atom stereocenters. The van der Waals surface area contributed by atoms with Gasteiger partial charge >= 0.3 is 5.69 Å². The molecule has 0 spiro atoms. The number of nitrogens with zero attached hydrogens (tertiary/aromatic N) is 3. The molecule has 1 aromatic carbocycles. The summed E-state index contributed by atoms with van der Waals surface area (Å²) in [6, 6.07) is 5.74. The van der Waals surface area contributed by atoms with Gasteiger partial charge in [0.15, 0.2) is 0 Å². The summed E-state index contributed by atoms with van der Waals surface area (Å²) >= 11 is 1.58. The molecule has 0 bridgehead atoms. The molecular formula is C22H27N3O4S. The number of benzene rings is 1. The van der Waals surface area contributed by atoms with Crippen molar-refractivity contribution in [3.05, 3.63) is 56.4 Å². The van der Waals surface area contributed by atoms with Crippen LogP contribution in [0.5, 0.6) is 11.5 Å². The number of ether oxygens (including phenoxy) is 2. The molecule has 8 heteroatoms. The van der Waals surface area contributed by atoms with Crippen LogP contribution in [0.15, 0.2) is 38.9 Å². The van der Waals surface area contributed by atoms with Crippen LogP contribution in [0.4, 0.5) is 0 Å². The molecule has 3 rings (SSSR count). The fourth-order valence-electron chi connectivity index (χ4n) is 3.36. The molecule has 0 amide bonds. The number of aryl methyl sites for hydroxylation is 2. The third-order valence-electron chi connectivity index (χ3n) is 5.09. The van der Waals surface area contributed by atoms with Crippen molar-refractivity contribution in [1.82, 2.24) is 14.1 Å². The normalized spacial score (nSPS) is 11.1. The number of rotatable bonds is 8. The minimum Gasteiger partial charge on any atom is -0.497 e. The second kappa shape index (κ2) is 9.38. The molecular weight excluding hydrogens is 402 g/mol. The highest BCUT2D eigenvalue weighted by Gasteiger charge is 2.18. The Bertz CT molecular complexity index is 1160. The van der Waals surface area contributed by atoms with Crippen LogP contribution in [0.3, 0.4) is 0 Å². The van der Waals surface area contributed by atoms with Crippen molar-refractivity contribution < 1.29 is 9.47 Å². The van der Waals surface area contributed by atoms with Crippen LogP contribution in [0, 0.1) is 0 Å². The first-order valence-corrected chi connectivity index (χ1v) is 10.8. The number of unbranched alkanes of at least 4 members (excludes halogenated alkanes) is 1. The molecule has 0 fully saturated rings. The van der Waals surface area contributed by atoms with Gasteiger partial charge in [-0.05, 0) is 36.1 Å². The van der Waals surface area contributed by atoms with Crippen molar-refractivity contribution in [3.8, 4) is 11.5 Å². The number of pyridine rings is 1. The highest BCUT2D eigenvalue weighted by atomic mass is 32.2. The minimum atomic E-state index is -0.380. The van der Waals surface area contributed by atoms with Crippen molar-refractivity contribution in [3.63, 3.8) is 0 Å². The molecule has 3 aromatic rings. The number of fused-ring (bicyclic) bond motifs is 1. The number of hydrogen-bond donors (Lipinski definition) is 0. The van der Waals surface area contributed by atoms with E-state index in [-0.39, 0.29) is 11.2 Å². The molecule has 30 heavy (non-hydrogen) atoms. The monoisotopic (exact) mass is 429 g/mol. The van der Waals surface area contributed by atoms with Crippen LogP contribution >= 0.6 is 11.8 Å². The van der Waals surface area contributed by atoms with E-state index in [1.54, 1.807) is 39.2 Å². The standard InChI is InChI=1S/C22H27N3O4S/c1-6-7-8-15-12-23-20-18(21(26)25(3)22(27)24(20)2)19(15)30-13-14-9-16(28-4)11-17(10-14)29-5/h9-12H,6-8,13H2,1-5H3. The van der Waals surface area contributed by atoms with Gasteiger partial charge in [-0.25, -0.2) is 9.78 Å². The van der Waals surface area contributed by atoms with Gasteiger partial charge in [0, 0.05) is 37.0 Å². The number of aromatic nitrogens is 3.